The lowest BCUT2D eigenvalue weighted by atomic mass is 10.0. The van der Waals surface area contributed by atoms with Crippen LogP contribution in [0.3, 0.4) is 0 Å². The molecule has 0 atom stereocenters. The molecule has 1 amide bonds. The largest absolute Gasteiger partial charge is 0.478 e. The molecule has 0 spiro atoms. The van der Waals surface area contributed by atoms with Crippen LogP contribution < -0.4 is 5.32 Å². The van der Waals surface area contributed by atoms with Gasteiger partial charge in [-0.15, -0.1) is 0 Å². The summed E-state index contributed by atoms with van der Waals surface area (Å²) in [6.07, 6.45) is 1.97. The van der Waals surface area contributed by atoms with Crippen molar-refractivity contribution in [3.8, 4) is 0 Å². The molecule has 0 radical (unpaired) electrons. The smallest absolute Gasteiger partial charge is 0.335 e. The van der Waals surface area contributed by atoms with E-state index >= 15 is 0 Å². The van der Waals surface area contributed by atoms with E-state index < -0.39 is 5.97 Å². The lowest BCUT2D eigenvalue weighted by Gasteiger charge is -2.07. The molecule has 104 valence electrons. The Hall–Kier alpha value is -2.27. The highest BCUT2D eigenvalue weighted by Crippen LogP contribution is 2.10. The van der Waals surface area contributed by atoms with Crippen LogP contribution in [0.2, 0.25) is 5.02 Å². The summed E-state index contributed by atoms with van der Waals surface area (Å²) in [6, 6.07) is 8.26. The fourth-order valence-corrected chi connectivity index (χ4v) is 2.02. The summed E-state index contributed by atoms with van der Waals surface area (Å²) < 4.78 is 0. The molecule has 0 saturated carbocycles. The molecule has 1 heterocycles. The lowest BCUT2D eigenvalue weighted by molar-refractivity contribution is 0.0695. The Morgan fingerprint density at radius 1 is 1.30 bits per heavy atom. The van der Waals surface area contributed by atoms with Crippen LogP contribution in [-0.4, -0.2) is 28.5 Å². The molecule has 0 fully saturated rings. The van der Waals surface area contributed by atoms with Crippen molar-refractivity contribution in [3.63, 3.8) is 0 Å². The van der Waals surface area contributed by atoms with E-state index in [1.54, 1.807) is 24.3 Å². The van der Waals surface area contributed by atoms with Crippen LogP contribution >= 0.6 is 11.6 Å². The predicted molar refractivity (Wildman–Crippen MR) is 75.2 cm³/mol. The number of H-pyrrole nitrogens is 1. The van der Waals surface area contributed by atoms with Gasteiger partial charge in [0.05, 0.1) is 10.6 Å². The zero-order valence-electron chi connectivity index (χ0n) is 10.5. The maximum absolute atomic E-state index is 11.7. The molecular formula is C14H13ClN2O3. The Morgan fingerprint density at radius 2 is 2.05 bits per heavy atom. The SMILES string of the molecule is O=C(NCCc1ccccc1C(=O)O)c1cc(Cl)c[nH]1. The topological polar surface area (TPSA) is 82.2 Å². The molecule has 0 aliphatic rings. The molecule has 0 saturated heterocycles. The summed E-state index contributed by atoms with van der Waals surface area (Å²) in [5, 5.41) is 12.2. The van der Waals surface area contributed by atoms with Crippen molar-refractivity contribution in [1.82, 2.24) is 10.3 Å². The van der Waals surface area contributed by atoms with Gasteiger partial charge in [0, 0.05) is 12.7 Å². The Kier molecular flexibility index (Phi) is 4.42. The molecule has 0 bridgehead atoms. The molecule has 2 rings (SSSR count). The number of rotatable bonds is 5. The van der Waals surface area contributed by atoms with E-state index in [2.05, 4.69) is 10.3 Å². The van der Waals surface area contributed by atoms with Crippen molar-refractivity contribution >= 4 is 23.5 Å². The monoisotopic (exact) mass is 292 g/mol. The van der Waals surface area contributed by atoms with E-state index in [0.717, 1.165) is 0 Å². The van der Waals surface area contributed by atoms with E-state index in [1.165, 1.54) is 12.3 Å². The van der Waals surface area contributed by atoms with Crippen molar-refractivity contribution in [1.29, 1.82) is 0 Å². The average molecular weight is 293 g/mol. The molecule has 6 heteroatoms. The second kappa shape index (κ2) is 6.25. The number of nitrogens with one attached hydrogen (secondary N) is 2. The van der Waals surface area contributed by atoms with Gasteiger partial charge in [0.15, 0.2) is 0 Å². The first-order valence-electron chi connectivity index (χ1n) is 6.01. The van der Waals surface area contributed by atoms with E-state index in [9.17, 15) is 9.59 Å². The number of carbonyl (C=O) groups excluding carboxylic acids is 1. The van der Waals surface area contributed by atoms with Crippen LogP contribution in [-0.2, 0) is 6.42 Å². The van der Waals surface area contributed by atoms with Gasteiger partial charge < -0.3 is 15.4 Å². The molecule has 1 aromatic heterocycles. The third-order valence-electron chi connectivity index (χ3n) is 2.82. The molecule has 0 aliphatic carbocycles. The lowest BCUT2D eigenvalue weighted by Crippen LogP contribution is -2.26. The molecule has 5 nitrogen and oxygen atoms in total. The zero-order valence-corrected chi connectivity index (χ0v) is 11.3. The Bertz CT molecular complexity index is 637. The van der Waals surface area contributed by atoms with E-state index in [-0.39, 0.29) is 11.5 Å². The third kappa shape index (κ3) is 3.39. The number of aromatic nitrogens is 1. The number of aromatic carboxylic acids is 1. The highest BCUT2D eigenvalue weighted by Gasteiger charge is 2.10. The summed E-state index contributed by atoms with van der Waals surface area (Å²) in [5.74, 6) is -1.24. The quantitative estimate of drug-likeness (QED) is 0.791. The normalized spacial score (nSPS) is 10.2. The number of hydrogen-bond donors (Lipinski definition) is 3. The minimum atomic E-state index is -0.969. The zero-order chi connectivity index (χ0) is 14.5. The summed E-state index contributed by atoms with van der Waals surface area (Å²) in [6.45, 7) is 0.347. The minimum Gasteiger partial charge on any atom is -0.478 e. The van der Waals surface area contributed by atoms with Gasteiger partial charge in [-0.25, -0.2) is 4.79 Å². The van der Waals surface area contributed by atoms with Gasteiger partial charge >= 0.3 is 5.97 Å². The molecule has 2 aromatic rings. The number of carboxylic acid groups (broad SMARTS) is 1. The van der Waals surface area contributed by atoms with Gasteiger partial charge in [0.2, 0.25) is 0 Å². The summed E-state index contributed by atoms with van der Waals surface area (Å²) in [5.41, 5.74) is 1.32. The van der Waals surface area contributed by atoms with Crippen LogP contribution in [0.4, 0.5) is 0 Å². The first-order valence-corrected chi connectivity index (χ1v) is 6.39. The number of carbonyl (C=O) groups is 2. The number of amides is 1. The molecule has 0 aliphatic heterocycles. The Morgan fingerprint density at radius 3 is 2.70 bits per heavy atom. The van der Waals surface area contributed by atoms with Crippen LogP contribution in [0.25, 0.3) is 0 Å². The predicted octanol–water partition coefficient (Wildman–Crippen LogP) is 2.34. The standard InChI is InChI=1S/C14H13ClN2O3/c15-10-7-12(17-8-10)13(18)16-6-5-9-3-1-2-4-11(9)14(19)20/h1-4,7-8,17H,5-6H2,(H,16,18)(H,19,20). The number of halogens is 1. The minimum absolute atomic E-state index is 0.254. The number of carboxylic acids is 1. The van der Waals surface area contributed by atoms with Gasteiger partial charge in [-0.2, -0.15) is 0 Å². The van der Waals surface area contributed by atoms with Gasteiger partial charge in [0.25, 0.3) is 5.91 Å². The van der Waals surface area contributed by atoms with Gasteiger partial charge in [-0.1, -0.05) is 29.8 Å². The van der Waals surface area contributed by atoms with Crippen LogP contribution in [0.1, 0.15) is 26.4 Å². The van der Waals surface area contributed by atoms with Crippen LogP contribution in [0, 0.1) is 0 Å². The highest BCUT2D eigenvalue weighted by molar-refractivity contribution is 6.30. The molecular weight excluding hydrogens is 280 g/mol. The highest BCUT2D eigenvalue weighted by atomic mass is 35.5. The first kappa shape index (κ1) is 14.1. The van der Waals surface area contributed by atoms with E-state index in [1.807, 2.05) is 0 Å². The van der Waals surface area contributed by atoms with E-state index in [4.69, 9.17) is 16.7 Å². The van der Waals surface area contributed by atoms with E-state index in [0.29, 0.717) is 29.2 Å². The van der Waals surface area contributed by atoms with Gasteiger partial charge in [-0.3, -0.25) is 4.79 Å². The Labute approximate surface area is 120 Å². The first-order chi connectivity index (χ1) is 9.58. The molecule has 20 heavy (non-hydrogen) atoms. The molecule has 3 N–H and O–H groups in total. The van der Waals surface area contributed by atoms with Crippen LogP contribution in [0.15, 0.2) is 36.5 Å². The van der Waals surface area contributed by atoms with Gasteiger partial charge in [0.1, 0.15) is 5.69 Å². The maximum Gasteiger partial charge on any atom is 0.335 e. The van der Waals surface area contributed by atoms with Crippen molar-refractivity contribution in [2.45, 2.75) is 6.42 Å². The number of aromatic amines is 1. The van der Waals surface area contributed by atoms with Crippen molar-refractivity contribution in [2.75, 3.05) is 6.54 Å². The fraction of sp³-hybridized carbons (Fsp3) is 0.143. The third-order valence-corrected chi connectivity index (χ3v) is 3.04. The Balaban J connectivity index is 1.93. The molecule has 1 aromatic carbocycles. The second-order valence-electron chi connectivity index (χ2n) is 4.20. The van der Waals surface area contributed by atoms with Crippen LogP contribution in [0.5, 0.6) is 0 Å². The summed E-state index contributed by atoms with van der Waals surface area (Å²) in [7, 11) is 0. The molecule has 0 unspecified atom stereocenters. The second-order valence-corrected chi connectivity index (χ2v) is 4.64. The summed E-state index contributed by atoms with van der Waals surface area (Å²) in [4.78, 5) is 25.5. The van der Waals surface area contributed by atoms with Crippen molar-refractivity contribution in [3.05, 3.63) is 58.4 Å². The fourth-order valence-electron chi connectivity index (χ4n) is 1.85. The number of hydrogen-bond acceptors (Lipinski definition) is 2. The van der Waals surface area contributed by atoms with Crippen molar-refractivity contribution in [2.24, 2.45) is 0 Å². The summed E-state index contributed by atoms with van der Waals surface area (Å²) >= 11 is 5.71. The average Bonchev–Trinajstić information content (AvgIpc) is 2.86. The van der Waals surface area contributed by atoms with Crippen molar-refractivity contribution < 1.29 is 14.7 Å². The number of benzene rings is 1. The maximum atomic E-state index is 11.7. The van der Waals surface area contributed by atoms with Gasteiger partial charge in [-0.05, 0) is 24.1 Å².